The van der Waals surface area contributed by atoms with Crippen molar-refractivity contribution < 1.29 is 4.74 Å². The molecule has 15 heavy (non-hydrogen) atoms. The van der Waals surface area contributed by atoms with Gasteiger partial charge in [0.1, 0.15) is 0 Å². The Morgan fingerprint density at radius 1 is 1.13 bits per heavy atom. The van der Waals surface area contributed by atoms with Crippen molar-refractivity contribution in [1.29, 1.82) is 0 Å². The standard InChI is InChI=1S/C12H24N2O/c13-6-5-11-3-1-2-4-12(11)14-7-9-15-10-8-14/h11-12H,1-10,13H2. The second kappa shape index (κ2) is 5.83. The van der Waals surface area contributed by atoms with Crippen LogP contribution in [0.5, 0.6) is 0 Å². The van der Waals surface area contributed by atoms with Crippen molar-refractivity contribution >= 4 is 0 Å². The fraction of sp³-hybridized carbons (Fsp3) is 1.00. The van der Waals surface area contributed by atoms with Gasteiger partial charge in [0.25, 0.3) is 0 Å². The first kappa shape index (κ1) is 11.4. The summed E-state index contributed by atoms with van der Waals surface area (Å²) in [4.78, 5) is 2.64. The molecule has 0 aromatic carbocycles. The minimum Gasteiger partial charge on any atom is -0.379 e. The molecule has 3 nitrogen and oxygen atoms in total. The molecule has 1 saturated heterocycles. The first-order valence-electron chi connectivity index (χ1n) is 6.43. The Hall–Kier alpha value is -0.120. The molecule has 1 heterocycles. The molecule has 2 unspecified atom stereocenters. The molecule has 0 radical (unpaired) electrons. The molecule has 0 amide bonds. The summed E-state index contributed by atoms with van der Waals surface area (Å²) in [6.45, 7) is 4.96. The predicted molar refractivity (Wildman–Crippen MR) is 61.8 cm³/mol. The average Bonchev–Trinajstić information content (AvgIpc) is 2.31. The summed E-state index contributed by atoms with van der Waals surface area (Å²) in [5.41, 5.74) is 5.71. The summed E-state index contributed by atoms with van der Waals surface area (Å²) in [5, 5.41) is 0. The van der Waals surface area contributed by atoms with Gasteiger partial charge in [-0.3, -0.25) is 4.90 Å². The molecule has 2 fully saturated rings. The Morgan fingerprint density at radius 3 is 2.60 bits per heavy atom. The second-order valence-electron chi connectivity index (χ2n) is 4.84. The molecule has 1 aliphatic heterocycles. The maximum atomic E-state index is 5.71. The number of hydrogen-bond acceptors (Lipinski definition) is 3. The normalized spacial score (nSPS) is 34.2. The van der Waals surface area contributed by atoms with E-state index in [1.807, 2.05) is 0 Å². The Labute approximate surface area is 93.0 Å². The molecule has 0 aromatic heterocycles. The van der Waals surface area contributed by atoms with Crippen LogP contribution >= 0.6 is 0 Å². The van der Waals surface area contributed by atoms with Crippen LogP contribution in [-0.4, -0.2) is 43.8 Å². The Bertz CT molecular complexity index is 168. The zero-order chi connectivity index (χ0) is 10.5. The highest BCUT2D eigenvalue weighted by Gasteiger charge is 2.30. The molecule has 0 bridgehead atoms. The first-order valence-corrected chi connectivity index (χ1v) is 6.43. The SMILES string of the molecule is NCCC1CCCCC1N1CCOCC1. The Balaban J connectivity index is 1.90. The van der Waals surface area contributed by atoms with Crippen molar-refractivity contribution in [2.24, 2.45) is 11.7 Å². The molecule has 1 aliphatic carbocycles. The van der Waals surface area contributed by atoms with Gasteiger partial charge in [-0.25, -0.2) is 0 Å². The minimum atomic E-state index is 0.797. The Morgan fingerprint density at radius 2 is 1.87 bits per heavy atom. The fourth-order valence-electron chi connectivity index (χ4n) is 3.13. The average molecular weight is 212 g/mol. The van der Waals surface area contributed by atoms with Gasteiger partial charge >= 0.3 is 0 Å². The van der Waals surface area contributed by atoms with E-state index in [1.54, 1.807) is 0 Å². The van der Waals surface area contributed by atoms with Crippen LogP contribution < -0.4 is 5.73 Å². The molecule has 88 valence electrons. The molecule has 1 saturated carbocycles. The largest absolute Gasteiger partial charge is 0.379 e. The molecule has 0 aromatic rings. The van der Waals surface area contributed by atoms with E-state index in [-0.39, 0.29) is 0 Å². The van der Waals surface area contributed by atoms with E-state index < -0.39 is 0 Å². The fourth-order valence-corrected chi connectivity index (χ4v) is 3.13. The number of morpholine rings is 1. The monoisotopic (exact) mass is 212 g/mol. The molecule has 2 N–H and O–H groups in total. The zero-order valence-electron chi connectivity index (χ0n) is 9.66. The van der Waals surface area contributed by atoms with Gasteiger partial charge in [-0.05, 0) is 31.7 Å². The number of ether oxygens (including phenoxy) is 1. The van der Waals surface area contributed by atoms with Crippen molar-refractivity contribution in [2.75, 3.05) is 32.8 Å². The van der Waals surface area contributed by atoms with Crippen LogP contribution in [0.3, 0.4) is 0 Å². The lowest BCUT2D eigenvalue weighted by molar-refractivity contribution is -0.00817. The minimum absolute atomic E-state index is 0.797. The summed E-state index contributed by atoms with van der Waals surface area (Å²) in [5.74, 6) is 0.849. The van der Waals surface area contributed by atoms with Crippen LogP contribution in [0.15, 0.2) is 0 Å². The van der Waals surface area contributed by atoms with Crippen LogP contribution in [0.4, 0.5) is 0 Å². The number of nitrogens with two attached hydrogens (primary N) is 1. The van der Waals surface area contributed by atoms with Crippen molar-refractivity contribution in [3.05, 3.63) is 0 Å². The van der Waals surface area contributed by atoms with E-state index >= 15 is 0 Å². The predicted octanol–water partition coefficient (Wildman–Crippen LogP) is 1.23. The highest BCUT2D eigenvalue weighted by atomic mass is 16.5. The third kappa shape index (κ3) is 2.92. The van der Waals surface area contributed by atoms with E-state index in [0.29, 0.717) is 0 Å². The maximum absolute atomic E-state index is 5.71. The smallest absolute Gasteiger partial charge is 0.0594 e. The summed E-state index contributed by atoms with van der Waals surface area (Å²) in [6.07, 6.45) is 6.79. The highest BCUT2D eigenvalue weighted by Crippen LogP contribution is 2.30. The van der Waals surface area contributed by atoms with Gasteiger partial charge in [-0.2, -0.15) is 0 Å². The summed E-state index contributed by atoms with van der Waals surface area (Å²) >= 11 is 0. The maximum Gasteiger partial charge on any atom is 0.0594 e. The molecule has 2 rings (SSSR count). The van der Waals surface area contributed by atoms with Gasteiger partial charge < -0.3 is 10.5 Å². The van der Waals surface area contributed by atoms with Gasteiger partial charge in [0.15, 0.2) is 0 Å². The molecular weight excluding hydrogens is 188 g/mol. The van der Waals surface area contributed by atoms with Gasteiger partial charge in [-0.1, -0.05) is 12.8 Å². The third-order valence-electron chi connectivity index (χ3n) is 3.92. The summed E-state index contributed by atoms with van der Waals surface area (Å²) < 4.78 is 5.42. The lowest BCUT2D eigenvalue weighted by Gasteiger charge is -2.41. The Kier molecular flexibility index (Phi) is 4.42. The summed E-state index contributed by atoms with van der Waals surface area (Å²) in [6, 6.07) is 0.797. The lowest BCUT2D eigenvalue weighted by Crippen LogP contribution is -2.48. The highest BCUT2D eigenvalue weighted by molar-refractivity contribution is 4.84. The quantitative estimate of drug-likeness (QED) is 0.764. The number of nitrogens with zero attached hydrogens (tertiary/aromatic N) is 1. The molecule has 0 spiro atoms. The van der Waals surface area contributed by atoms with E-state index in [4.69, 9.17) is 10.5 Å². The van der Waals surface area contributed by atoms with Crippen molar-refractivity contribution in [3.8, 4) is 0 Å². The van der Waals surface area contributed by atoms with Crippen molar-refractivity contribution in [2.45, 2.75) is 38.1 Å². The third-order valence-corrected chi connectivity index (χ3v) is 3.92. The van der Waals surface area contributed by atoms with E-state index in [9.17, 15) is 0 Å². The second-order valence-corrected chi connectivity index (χ2v) is 4.84. The van der Waals surface area contributed by atoms with Crippen molar-refractivity contribution in [3.63, 3.8) is 0 Å². The first-order chi connectivity index (χ1) is 7.42. The molecule has 2 aliphatic rings. The van der Waals surface area contributed by atoms with Gasteiger partial charge in [-0.15, -0.1) is 0 Å². The zero-order valence-corrected chi connectivity index (χ0v) is 9.66. The van der Waals surface area contributed by atoms with Crippen molar-refractivity contribution in [1.82, 2.24) is 4.90 Å². The van der Waals surface area contributed by atoms with Crippen LogP contribution in [0.25, 0.3) is 0 Å². The van der Waals surface area contributed by atoms with Gasteiger partial charge in [0, 0.05) is 19.1 Å². The van der Waals surface area contributed by atoms with Gasteiger partial charge in [0.2, 0.25) is 0 Å². The van der Waals surface area contributed by atoms with Crippen LogP contribution in [0.2, 0.25) is 0 Å². The lowest BCUT2D eigenvalue weighted by atomic mass is 9.81. The summed E-state index contributed by atoms with van der Waals surface area (Å²) in [7, 11) is 0. The van der Waals surface area contributed by atoms with Gasteiger partial charge in [0.05, 0.1) is 13.2 Å². The topological polar surface area (TPSA) is 38.5 Å². The molecule has 3 heteroatoms. The van der Waals surface area contributed by atoms with Crippen LogP contribution in [-0.2, 0) is 4.74 Å². The molecule has 2 atom stereocenters. The van der Waals surface area contributed by atoms with E-state index in [2.05, 4.69) is 4.90 Å². The van der Waals surface area contributed by atoms with Crippen LogP contribution in [0.1, 0.15) is 32.1 Å². The van der Waals surface area contributed by atoms with E-state index in [1.165, 1.54) is 32.1 Å². The van der Waals surface area contributed by atoms with Crippen LogP contribution in [0, 0.1) is 5.92 Å². The number of rotatable bonds is 3. The van der Waals surface area contributed by atoms with E-state index in [0.717, 1.165) is 44.8 Å². The number of hydrogen-bond donors (Lipinski definition) is 1. The molecular formula is C12H24N2O.